The molecule has 2 atom stereocenters. The van der Waals surface area contributed by atoms with Gasteiger partial charge in [-0.3, -0.25) is 4.68 Å². The summed E-state index contributed by atoms with van der Waals surface area (Å²) in [5.41, 5.74) is 2.43. The Morgan fingerprint density at radius 2 is 2.27 bits per heavy atom. The van der Waals surface area contributed by atoms with Crippen molar-refractivity contribution in [1.29, 1.82) is 0 Å². The number of rotatable bonds is 3. The summed E-state index contributed by atoms with van der Waals surface area (Å²) in [6.45, 7) is 1.94. The van der Waals surface area contributed by atoms with E-state index in [0.717, 1.165) is 29.6 Å². The van der Waals surface area contributed by atoms with Gasteiger partial charge >= 0.3 is 6.03 Å². The number of carbonyl (C=O) groups is 1. The van der Waals surface area contributed by atoms with Gasteiger partial charge in [0.25, 0.3) is 0 Å². The number of amides is 2. The molecular weight excluding hydrogens is 298 g/mol. The van der Waals surface area contributed by atoms with Gasteiger partial charge in [-0.25, -0.2) is 9.78 Å². The summed E-state index contributed by atoms with van der Waals surface area (Å²) in [4.78, 5) is 16.5. The molecule has 0 unspecified atom stereocenters. The van der Waals surface area contributed by atoms with Crippen LogP contribution in [0.5, 0.6) is 0 Å². The van der Waals surface area contributed by atoms with Gasteiger partial charge in [-0.2, -0.15) is 16.9 Å². The molecule has 0 bridgehead atoms. The van der Waals surface area contributed by atoms with Crippen molar-refractivity contribution < 1.29 is 4.79 Å². The van der Waals surface area contributed by atoms with Crippen molar-refractivity contribution in [2.24, 2.45) is 7.05 Å². The molecule has 0 saturated heterocycles. The van der Waals surface area contributed by atoms with E-state index in [9.17, 15) is 4.79 Å². The molecule has 1 saturated carbocycles. The van der Waals surface area contributed by atoms with Gasteiger partial charge in [-0.1, -0.05) is 0 Å². The van der Waals surface area contributed by atoms with Crippen LogP contribution < -0.4 is 10.6 Å². The first-order chi connectivity index (χ1) is 10.6. The van der Waals surface area contributed by atoms with Gasteiger partial charge < -0.3 is 10.6 Å². The number of aromatic nitrogens is 3. The Kier molecular flexibility index (Phi) is 4.24. The van der Waals surface area contributed by atoms with E-state index in [1.807, 2.05) is 31.8 Å². The summed E-state index contributed by atoms with van der Waals surface area (Å²) < 4.78 is 1.75. The molecule has 0 aliphatic heterocycles. The van der Waals surface area contributed by atoms with Gasteiger partial charge in [-0.05, 0) is 38.5 Å². The molecule has 1 aliphatic carbocycles. The number of carbonyl (C=O) groups excluding carboxylic acids is 1. The summed E-state index contributed by atoms with van der Waals surface area (Å²) in [6.07, 6.45) is 7.08. The van der Waals surface area contributed by atoms with Crippen molar-refractivity contribution in [3.63, 3.8) is 0 Å². The minimum atomic E-state index is -0.158. The fraction of sp³-hybridized carbons (Fsp3) is 0.533. The normalized spacial score (nSPS) is 21.2. The number of urea groups is 1. The predicted molar refractivity (Wildman–Crippen MR) is 90.3 cm³/mol. The van der Waals surface area contributed by atoms with Crippen molar-refractivity contribution in [3.05, 3.63) is 18.0 Å². The minimum absolute atomic E-state index is 0.158. The largest absolute Gasteiger partial charge is 0.335 e. The average molecular weight is 319 g/mol. The van der Waals surface area contributed by atoms with Gasteiger partial charge in [0.15, 0.2) is 5.65 Å². The molecule has 1 aliphatic rings. The Bertz CT molecular complexity index is 699. The number of anilines is 1. The molecule has 118 valence electrons. The highest BCUT2D eigenvalue weighted by atomic mass is 32.2. The van der Waals surface area contributed by atoms with Crippen LogP contribution in [0, 0.1) is 6.92 Å². The van der Waals surface area contributed by atoms with Crippen molar-refractivity contribution in [2.75, 3.05) is 11.6 Å². The standard InChI is InChI=1S/C15H21N5OS/c1-9-13-7-11(8-16-14(13)20(2)19-9)18-15(21)17-10-4-5-12(6-10)22-3/h7-8,10,12H,4-6H2,1-3H3,(H2,17,18,21)/t10-,12+/m1/s1. The van der Waals surface area contributed by atoms with Gasteiger partial charge in [0, 0.05) is 23.7 Å². The van der Waals surface area contributed by atoms with Crippen LogP contribution in [-0.2, 0) is 7.05 Å². The maximum atomic E-state index is 12.1. The average Bonchev–Trinajstić information content (AvgIpc) is 3.04. The summed E-state index contributed by atoms with van der Waals surface area (Å²) in [5, 5.41) is 11.9. The van der Waals surface area contributed by atoms with E-state index >= 15 is 0 Å². The lowest BCUT2D eigenvalue weighted by Gasteiger charge is -2.13. The number of thioether (sulfide) groups is 1. The highest BCUT2D eigenvalue weighted by Crippen LogP contribution is 2.28. The van der Waals surface area contributed by atoms with Crippen LogP contribution in [-0.4, -0.2) is 38.3 Å². The van der Waals surface area contributed by atoms with Crippen LogP contribution in [0.4, 0.5) is 10.5 Å². The molecule has 0 spiro atoms. The zero-order valence-corrected chi connectivity index (χ0v) is 13.9. The SMILES string of the molecule is CS[C@H]1CC[C@@H](NC(=O)Nc2cnc3c(c2)c(C)nn3C)C1. The van der Waals surface area contributed by atoms with E-state index in [0.29, 0.717) is 10.9 Å². The summed E-state index contributed by atoms with van der Waals surface area (Å²) in [7, 11) is 1.87. The Morgan fingerprint density at radius 3 is 3.00 bits per heavy atom. The van der Waals surface area contributed by atoms with Crippen LogP contribution >= 0.6 is 11.8 Å². The first-order valence-electron chi connectivity index (χ1n) is 7.46. The lowest BCUT2D eigenvalue weighted by Crippen LogP contribution is -2.36. The van der Waals surface area contributed by atoms with Crippen LogP contribution in [0.15, 0.2) is 12.3 Å². The third kappa shape index (κ3) is 3.04. The fourth-order valence-electron chi connectivity index (χ4n) is 3.01. The number of nitrogens with one attached hydrogen (secondary N) is 2. The van der Waals surface area contributed by atoms with E-state index in [1.165, 1.54) is 6.42 Å². The molecule has 0 radical (unpaired) electrons. The number of nitrogens with zero attached hydrogens (tertiary/aromatic N) is 3. The Hall–Kier alpha value is -1.76. The monoisotopic (exact) mass is 319 g/mol. The number of aryl methyl sites for hydroxylation is 2. The number of hydrogen-bond acceptors (Lipinski definition) is 4. The Balaban J connectivity index is 1.65. The van der Waals surface area contributed by atoms with Crippen LogP contribution in [0.25, 0.3) is 11.0 Å². The predicted octanol–water partition coefficient (Wildman–Crippen LogP) is 2.68. The second-order valence-corrected chi connectivity index (χ2v) is 6.91. The highest BCUT2D eigenvalue weighted by molar-refractivity contribution is 7.99. The molecule has 22 heavy (non-hydrogen) atoms. The molecule has 0 aromatic carbocycles. The first kappa shape index (κ1) is 15.1. The van der Waals surface area contributed by atoms with Crippen LogP contribution in [0.1, 0.15) is 25.0 Å². The van der Waals surface area contributed by atoms with E-state index in [1.54, 1.807) is 10.9 Å². The zero-order valence-electron chi connectivity index (χ0n) is 13.1. The molecule has 1 fully saturated rings. The first-order valence-corrected chi connectivity index (χ1v) is 8.75. The molecule has 2 aromatic rings. The number of fused-ring (bicyclic) bond motifs is 1. The van der Waals surface area contributed by atoms with Gasteiger partial charge in [0.05, 0.1) is 17.6 Å². The second-order valence-electron chi connectivity index (χ2n) is 5.77. The number of pyridine rings is 1. The minimum Gasteiger partial charge on any atom is -0.335 e. The summed E-state index contributed by atoms with van der Waals surface area (Å²) >= 11 is 1.88. The van der Waals surface area contributed by atoms with Crippen molar-refractivity contribution in [1.82, 2.24) is 20.1 Å². The van der Waals surface area contributed by atoms with Crippen LogP contribution in [0.2, 0.25) is 0 Å². The second kappa shape index (κ2) is 6.16. The van der Waals surface area contributed by atoms with E-state index < -0.39 is 0 Å². The maximum Gasteiger partial charge on any atom is 0.319 e. The zero-order chi connectivity index (χ0) is 15.7. The highest BCUT2D eigenvalue weighted by Gasteiger charge is 2.25. The molecule has 6 nitrogen and oxygen atoms in total. The smallest absolute Gasteiger partial charge is 0.319 e. The molecule has 2 heterocycles. The third-order valence-electron chi connectivity index (χ3n) is 4.17. The molecule has 2 amide bonds. The van der Waals surface area contributed by atoms with Gasteiger partial charge in [-0.15, -0.1) is 0 Å². The summed E-state index contributed by atoms with van der Waals surface area (Å²) in [6, 6.07) is 2.03. The lowest BCUT2D eigenvalue weighted by atomic mass is 10.2. The van der Waals surface area contributed by atoms with Crippen molar-refractivity contribution in [3.8, 4) is 0 Å². The lowest BCUT2D eigenvalue weighted by molar-refractivity contribution is 0.248. The quantitative estimate of drug-likeness (QED) is 0.912. The molecule has 2 aromatic heterocycles. The topological polar surface area (TPSA) is 71.8 Å². The van der Waals surface area contributed by atoms with E-state index in [2.05, 4.69) is 27.0 Å². The van der Waals surface area contributed by atoms with E-state index in [4.69, 9.17) is 0 Å². The maximum absolute atomic E-state index is 12.1. The molecule has 7 heteroatoms. The molecule has 2 N–H and O–H groups in total. The van der Waals surface area contributed by atoms with Crippen LogP contribution in [0.3, 0.4) is 0 Å². The molecule has 3 rings (SSSR count). The van der Waals surface area contributed by atoms with Gasteiger partial charge in [0.1, 0.15) is 0 Å². The number of hydrogen-bond donors (Lipinski definition) is 2. The fourth-order valence-corrected chi connectivity index (χ4v) is 3.81. The van der Waals surface area contributed by atoms with Gasteiger partial charge in [0.2, 0.25) is 0 Å². The van der Waals surface area contributed by atoms with Crippen molar-refractivity contribution >= 4 is 34.5 Å². The van der Waals surface area contributed by atoms with Crippen molar-refractivity contribution in [2.45, 2.75) is 37.5 Å². The summed E-state index contributed by atoms with van der Waals surface area (Å²) in [5.74, 6) is 0. The molecular formula is C15H21N5OS. The Morgan fingerprint density at radius 1 is 1.45 bits per heavy atom. The third-order valence-corrected chi connectivity index (χ3v) is 5.27. The van der Waals surface area contributed by atoms with E-state index in [-0.39, 0.29) is 12.1 Å². The Labute approximate surface area is 134 Å².